The molecule has 0 aliphatic rings. The van der Waals surface area contributed by atoms with Crippen LogP contribution < -0.4 is 9.47 Å². The molecule has 1 aromatic carbocycles. The van der Waals surface area contributed by atoms with E-state index in [0.717, 1.165) is 0 Å². The third-order valence-electron chi connectivity index (χ3n) is 2.96. The van der Waals surface area contributed by atoms with Gasteiger partial charge in [0.2, 0.25) is 5.91 Å². The molecule has 1 rings (SSSR count). The first-order chi connectivity index (χ1) is 9.86. The van der Waals surface area contributed by atoms with Crippen molar-refractivity contribution in [1.29, 1.82) is 0 Å². The number of benzene rings is 1. The minimum absolute atomic E-state index is 0.0456. The molecule has 1 aromatic rings. The van der Waals surface area contributed by atoms with Crippen molar-refractivity contribution >= 4 is 12.0 Å². The summed E-state index contributed by atoms with van der Waals surface area (Å²) in [5.74, 6) is -0.135. The number of hydrogen-bond donors (Lipinski definition) is 0. The van der Waals surface area contributed by atoms with E-state index < -0.39 is 6.61 Å². The molecular formula is C15H19F2NO3. The summed E-state index contributed by atoms with van der Waals surface area (Å²) in [4.78, 5) is 13.4. The number of ether oxygens (including phenoxy) is 2. The second-order valence-electron chi connectivity index (χ2n) is 4.63. The highest BCUT2D eigenvalue weighted by molar-refractivity contribution is 5.92. The van der Waals surface area contributed by atoms with E-state index in [1.165, 1.54) is 30.2 Å². The fourth-order valence-electron chi connectivity index (χ4n) is 1.57. The van der Waals surface area contributed by atoms with Gasteiger partial charge in [-0.3, -0.25) is 4.79 Å². The summed E-state index contributed by atoms with van der Waals surface area (Å²) in [6.45, 7) is 0.785. The second-order valence-corrected chi connectivity index (χ2v) is 4.63. The van der Waals surface area contributed by atoms with Gasteiger partial charge in [-0.25, -0.2) is 0 Å². The maximum Gasteiger partial charge on any atom is 0.387 e. The topological polar surface area (TPSA) is 38.8 Å². The monoisotopic (exact) mass is 299 g/mol. The lowest BCUT2D eigenvalue weighted by atomic mass is 10.1. The van der Waals surface area contributed by atoms with E-state index in [9.17, 15) is 13.6 Å². The SMILES string of the molecule is COc1cccc(/C=C/C(=O)N(C)C(C)C)c1OC(F)F. The normalized spacial score (nSPS) is 11.2. The number of hydrogen-bond acceptors (Lipinski definition) is 3. The third kappa shape index (κ3) is 4.73. The number of carbonyl (C=O) groups excluding carboxylic acids is 1. The van der Waals surface area contributed by atoms with Crippen LogP contribution in [-0.4, -0.2) is 37.6 Å². The Bertz CT molecular complexity index is 516. The maximum atomic E-state index is 12.5. The van der Waals surface area contributed by atoms with Crippen molar-refractivity contribution in [3.63, 3.8) is 0 Å². The number of alkyl halides is 2. The van der Waals surface area contributed by atoms with Crippen LogP contribution in [0.2, 0.25) is 0 Å². The standard InChI is InChI=1S/C15H19F2NO3/c1-10(2)18(3)13(19)9-8-11-6-5-7-12(20-4)14(11)21-15(16)17/h5-10,15H,1-4H3/b9-8+. The van der Waals surface area contributed by atoms with Crippen LogP contribution in [0.25, 0.3) is 6.08 Å². The molecule has 0 spiro atoms. The van der Waals surface area contributed by atoms with Gasteiger partial charge in [0.25, 0.3) is 0 Å². The summed E-state index contributed by atoms with van der Waals surface area (Å²) < 4.78 is 34.4. The Morgan fingerprint density at radius 1 is 1.33 bits per heavy atom. The van der Waals surface area contributed by atoms with Gasteiger partial charge < -0.3 is 14.4 Å². The molecule has 0 fully saturated rings. The third-order valence-corrected chi connectivity index (χ3v) is 2.96. The molecule has 21 heavy (non-hydrogen) atoms. The van der Waals surface area contributed by atoms with Crippen molar-refractivity contribution in [2.75, 3.05) is 14.2 Å². The Labute approximate surface area is 123 Å². The first-order valence-electron chi connectivity index (χ1n) is 6.43. The first-order valence-corrected chi connectivity index (χ1v) is 6.43. The van der Waals surface area contributed by atoms with Crippen molar-refractivity contribution < 1.29 is 23.0 Å². The van der Waals surface area contributed by atoms with Gasteiger partial charge in [0.15, 0.2) is 11.5 Å². The Hall–Kier alpha value is -2.11. The molecule has 1 amide bonds. The van der Waals surface area contributed by atoms with Crippen molar-refractivity contribution in [3.05, 3.63) is 29.8 Å². The largest absolute Gasteiger partial charge is 0.493 e. The van der Waals surface area contributed by atoms with Gasteiger partial charge >= 0.3 is 6.61 Å². The number of carbonyl (C=O) groups is 1. The van der Waals surface area contributed by atoms with Gasteiger partial charge in [-0.1, -0.05) is 12.1 Å². The summed E-state index contributed by atoms with van der Waals surface area (Å²) in [6.07, 6.45) is 2.74. The highest BCUT2D eigenvalue weighted by Gasteiger charge is 2.14. The Balaban J connectivity index is 3.04. The highest BCUT2D eigenvalue weighted by Crippen LogP contribution is 2.33. The van der Waals surface area contributed by atoms with Gasteiger partial charge in [-0.05, 0) is 26.0 Å². The molecule has 0 bridgehead atoms. The van der Waals surface area contributed by atoms with Crippen LogP contribution in [0.3, 0.4) is 0 Å². The minimum Gasteiger partial charge on any atom is -0.493 e. The number of amides is 1. The van der Waals surface area contributed by atoms with Crippen molar-refractivity contribution in [2.45, 2.75) is 26.5 Å². The average Bonchev–Trinajstić information content (AvgIpc) is 2.44. The summed E-state index contributed by atoms with van der Waals surface area (Å²) in [6, 6.07) is 4.76. The number of para-hydroxylation sites is 1. The molecule has 0 aliphatic heterocycles. The predicted molar refractivity (Wildman–Crippen MR) is 76.6 cm³/mol. The van der Waals surface area contributed by atoms with Crippen LogP contribution in [0.15, 0.2) is 24.3 Å². The summed E-state index contributed by atoms with van der Waals surface area (Å²) in [5.41, 5.74) is 0.347. The van der Waals surface area contributed by atoms with E-state index in [1.54, 1.807) is 19.2 Å². The number of nitrogens with zero attached hydrogens (tertiary/aromatic N) is 1. The van der Waals surface area contributed by atoms with E-state index in [-0.39, 0.29) is 23.4 Å². The molecule has 0 N–H and O–H groups in total. The quantitative estimate of drug-likeness (QED) is 0.757. The lowest BCUT2D eigenvalue weighted by molar-refractivity contribution is -0.126. The van der Waals surface area contributed by atoms with Gasteiger partial charge in [0.1, 0.15) is 0 Å². The van der Waals surface area contributed by atoms with Crippen molar-refractivity contribution in [1.82, 2.24) is 4.90 Å². The summed E-state index contributed by atoms with van der Waals surface area (Å²) in [5, 5.41) is 0. The predicted octanol–water partition coefficient (Wildman–Crippen LogP) is 3.18. The van der Waals surface area contributed by atoms with E-state index in [0.29, 0.717) is 5.56 Å². The zero-order chi connectivity index (χ0) is 16.0. The summed E-state index contributed by atoms with van der Waals surface area (Å²) >= 11 is 0. The minimum atomic E-state index is -2.97. The summed E-state index contributed by atoms with van der Waals surface area (Å²) in [7, 11) is 3.03. The second kappa shape index (κ2) is 7.61. The van der Waals surface area contributed by atoms with Crippen LogP contribution in [0.4, 0.5) is 8.78 Å². The molecule has 4 nitrogen and oxygen atoms in total. The van der Waals surface area contributed by atoms with Gasteiger partial charge in [0, 0.05) is 24.7 Å². The van der Waals surface area contributed by atoms with Crippen LogP contribution in [0.5, 0.6) is 11.5 Å². The van der Waals surface area contributed by atoms with Crippen molar-refractivity contribution in [2.24, 2.45) is 0 Å². The fourth-order valence-corrected chi connectivity index (χ4v) is 1.57. The van der Waals surface area contributed by atoms with E-state index in [1.807, 2.05) is 13.8 Å². The Morgan fingerprint density at radius 2 is 2.00 bits per heavy atom. The number of likely N-dealkylation sites (N-methyl/N-ethyl adjacent to an activating group) is 1. The molecule has 0 unspecified atom stereocenters. The highest BCUT2D eigenvalue weighted by atomic mass is 19.3. The number of rotatable bonds is 6. The molecule has 0 saturated heterocycles. The zero-order valence-corrected chi connectivity index (χ0v) is 12.5. The molecule has 116 valence electrons. The lowest BCUT2D eigenvalue weighted by Crippen LogP contribution is -2.31. The molecule has 0 radical (unpaired) electrons. The van der Waals surface area contributed by atoms with Gasteiger partial charge in [-0.2, -0.15) is 8.78 Å². The van der Waals surface area contributed by atoms with E-state index in [2.05, 4.69) is 4.74 Å². The van der Waals surface area contributed by atoms with Crippen LogP contribution in [-0.2, 0) is 4.79 Å². The zero-order valence-electron chi connectivity index (χ0n) is 12.5. The maximum absolute atomic E-state index is 12.5. The smallest absolute Gasteiger partial charge is 0.387 e. The molecule has 0 heterocycles. The van der Waals surface area contributed by atoms with E-state index in [4.69, 9.17) is 4.74 Å². The average molecular weight is 299 g/mol. The van der Waals surface area contributed by atoms with Crippen LogP contribution in [0.1, 0.15) is 19.4 Å². The van der Waals surface area contributed by atoms with Gasteiger partial charge in [0.05, 0.1) is 7.11 Å². The lowest BCUT2D eigenvalue weighted by Gasteiger charge is -2.19. The van der Waals surface area contributed by atoms with Gasteiger partial charge in [-0.15, -0.1) is 0 Å². The van der Waals surface area contributed by atoms with E-state index >= 15 is 0 Å². The van der Waals surface area contributed by atoms with Crippen molar-refractivity contribution in [3.8, 4) is 11.5 Å². The molecule has 6 heteroatoms. The first kappa shape index (κ1) is 16.9. The molecule has 0 aromatic heterocycles. The van der Waals surface area contributed by atoms with Crippen LogP contribution in [0, 0.1) is 0 Å². The molecule has 0 saturated carbocycles. The van der Waals surface area contributed by atoms with Crippen LogP contribution >= 0.6 is 0 Å². The molecule has 0 atom stereocenters. The molecular weight excluding hydrogens is 280 g/mol. The number of halogens is 2. The Kier molecular flexibility index (Phi) is 6.14. The Morgan fingerprint density at radius 3 is 2.52 bits per heavy atom. The molecule has 0 aliphatic carbocycles. The fraction of sp³-hybridized carbons (Fsp3) is 0.400. The number of methoxy groups -OCH3 is 1.